The monoisotopic (exact) mass is 263 g/mol. The normalized spacial score (nSPS) is 18.1. The van der Waals surface area contributed by atoms with Crippen LogP contribution in [0.1, 0.15) is 40.9 Å². The molecule has 8 heteroatoms. The molecule has 3 rings (SSSR count). The molecule has 0 saturated carbocycles. The molecular formula is C11H13N5O3. The third kappa shape index (κ3) is 2.22. The van der Waals surface area contributed by atoms with Crippen LogP contribution in [0.5, 0.6) is 0 Å². The van der Waals surface area contributed by atoms with Gasteiger partial charge in [0.1, 0.15) is 0 Å². The lowest BCUT2D eigenvalue weighted by Crippen LogP contribution is -2.28. The Labute approximate surface area is 108 Å². The Hall–Kier alpha value is -2.22. The molecule has 8 nitrogen and oxygen atoms in total. The Morgan fingerprint density at radius 2 is 2.53 bits per heavy atom. The van der Waals surface area contributed by atoms with Gasteiger partial charge >= 0.3 is 5.97 Å². The van der Waals surface area contributed by atoms with Gasteiger partial charge in [-0.25, -0.2) is 9.78 Å². The van der Waals surface area contributed by atoms with Gasteiger partial charge in [0.05, 0.1) is 30.4 Å². The molecule has 0 aliphatic carbocycles. The zero-order valence-electron chi connectivity index (χ0n) is 10.3. The van der Waals surface area contributed by atoms with Gasteiger partial charge in [0.25, 0.3) is 5.82 Å². The number of fused-ring (bicyclic) bond motifs is 1. The van der Waals surface area contributed by atoms with Crippen molar-refractivity contribution in [3.05, 3.63) is 29.4 Å². The first-order valence-corrected chi connectivity index (χ1v) is 6.03. The van der Waals surface area contributed by atoms with Crippen LogP contribution in [-0.2, 0) is 17.7 Å². The summed E-state index contributed by atoms with van der Waals surface area (Å²) in [5.41, 5.74) is 2.03. The molecule has 2 aromatic heterocycles. The van der Waals surface area contributed by atoms with Gasteiger partial charge in [-0.2, -0.15) is 4.98 Å². The average Bonchev–Trinajstić information content (AvgIpc) is 3.07. The van der Waals surface area contributed by atoms with Gasteiger partial charge in [0.15, 0.2) is 0 Å². The van der Waals surface area contributed by atoms with Gasteiger partial charge in [-0.15, -0.1) is 0 Å². The van der Waals surface area contributed by atoms with Crippen LogP contribution in [0.15, 0.2) is 10.9 Å². The van der Waals surface area contributed by atoms with Crippen molar-refractivity contribution in [3.63, 3.8) is 0 Å². The molecule has 1 aliphatic heterocycles. The van der Waals surface area contributed by atoms with E-state index in [2.05, 4.69) is 25.4 Å². The molecule has 0 aromatic carbocycles. The summed E-state index contributed by atoms with van der Waals surface area (Å²) in [7, 11) is 0. The predicted molar refractivity (Wildman–Crippen MR) is 62.1 cm³/mol. The molecule has 1 aliphatic rings. The number of aromatic amines is 1. The topological polar surface area (TPSA) is 106 Å². The van der Waals surface area contributed by atoms with E-state index in [0.717, 1.165) is 11.4 Å². The summed E-state index contributed by atoms with van der Waals surface area (Å²) in [4.78, 5) is 22.8. The summed E-state index contributed by atoms with van der Waals surface area (Å²) < 4.78 is 9.91. The number of aromatic nitrogens is 4. The van der Waals surface area contributed by atoms with Gasteiger partial charge in [-0.1, -0.05) is 0 Å². The van der Waals surface area contributed by atoms with E-state index in [4.69, 9.17) is 9.26 Å². The Morgan fingerprint density at radius 1 is 1.63 bits per heavy atom. The van der Waals surface area contributed by atoms with Crippen molar-refractivity contribution in [2.45, 2.75) is 25.9 Å². The molecule has 19 heavy (non-hydrogen) atoms. The van der Waals surface area contributed by atoms with Crippen molar-refractivity contribution in [3.8, 4) is 0 Å². The standard InChI is InChI=1S/C11H13N5O3/c1-2-18-11(17)9-15-10(19-16-9)7-3-6-8(4-12-7)14-5-13-6/h5,7,12H,2-4H2,1H3,(H,13,14). The maximum atomic E-state index is 11.5. The molecule has 1 atom stereocenters. The molecule has 2 aromatic rings. The van der Waals surface area contributed by atoms with E-state index in [1.165, 1.54) is 0 Å². The van der Waals surface area contributed by atoms with E-state index in [-0.39, 0.29) is 18.5 Å². The summed E-state index contributed by atoms with van der Waals surface area (Å²) >= 11 is 0. The van der Waals surface area contributed by atoms with Crippen LogP contribution in [-0.4, -0.2) is 32.7 Å². The van der Waals surface area contributed by atoms with E-state index in [9.17, 15) is 4.79 Å². The van der Waals surface area contributed by atoms with Crippen LogP contribution in [0.2, 0.25) is 0 Å². The third-order valence-corrected chi connectivity index (χ3v) is 2.93. The fraction of sp³-hybridized carbons (Fsp3) is 0.455. The number of H-pyrrole nitrogens is 1. The quantitative estimate of drug-likeness (QED) is 0.770. The SMILES string of the molecule is CCOC(=O)c1noc(C2Cc3nc[nH]c3CN2)n1. The smallest absolute Gasteiger partial charge is 0.379 e. The lowest BCUT2D eigenvalue weighted by Gasteiger charge is -2.19. The van der Waals surface area contributed by atoms with Crippen molar-refractivity contribution in [1.82, 2.24) is 25.4 Å². The Morgan fingerprint density at radius 3 is 3.37 bits per heavy atom. The zero-order chi connectivity index (χ0) is 13.2. The molecule has 3 heterocycles. The zero-order valence-corrected chi connectivity index (χ0v) is 10.3. The second kappa shape index (κ2) is 4.81. The molecule has 0 amide bonds. The molecule has 1 unspecified atom stereocenters. The number of carbonyl (C=O) groups excluding carboxylic acids is 1. The van der Waals surface area contributed by atoms with Crippen LogP contribution in [0.4, 0.5) is 0 Å². The van der Waals surface area contributed by atoms with Crippen molar-refractivity contribution in [2.75, 3.05) is 6.61 Å². The first-order valence-electron chi connectivity index (χ1n) is 6.03. The number of imidazole rings is 1. The van der Waals surface area contributed by atoms with E-state index >= 15 is 0 Å². The second-order valence-corrected chi connectivity index (χ2v) is 4.14. The molecule has 0 radical (unpaired) electrons. The minimum absolute atomic E-state index is 0.0496. The van der Waals surface area contributed by atoms with Crippen molar-refractivity contribution < 1.29 is 14.1 Å². The summed E-state index contributed by atoms with van der Waals surface area (Å²) in [6.45, 7) is 2.65. The largest absolute Gasteiger partial charge is 0.460 e. The molecule has 0 spiro atoms. The lowest BCUT2D eigenvalue weighted by molar-refractivity contribution is 0.0508. The van der Waals surface area contributed by atoms with E-state index in [1.54, 1.807) is 13.3 Å². The van der Waals surface area contributed by atoms with Gasteiger partial charge < -0.3 is 14.2 Å². The first kappa shape index (κ1) is 11.8. The highest BCUT2D eigenvalue weighted by atomic mass is 16.5. The average molecular weight is 263 g/mol. The minimum Gasteiger partial charge on any atom is -0.460 e. The molecule has 0 fully saturated rings. The number of hydrogen-bond acceptors (Lipinski definition) is 7. The van der Waals surface area contributed by atoms with Crippen LogP contribution in [0.25, 0.3) is 0 Å². The van der Waals surface area contributed by atoms with Gasteiger partial charge in [-0.05, 0) is 12.1 Å². The van der Waals surface area contributed by atoms with Crippen molar-refractivity contribution >= 4 is 5.97 Å². The number of rotatable bonds is 3. The summed E-state index contributed by atoms with van der Waals surface area (Å²) in [5, 5.41) is 6.87. The predicted octanol–water partition coefficient (Wildman–Crippen LogP) is 0.356. The number of hydrogen-bond donors (Lipinski definition) is 2. The molecule has 100 valence electrons. The Kier molecular flexibility index (Phi) is 3.00. The number of esters is 1. The Balaban J connectivity index is 1.75. The molecule has 0 saturated heterocycles. The number of carbonyl (C=O) groups is 1. The van der Waals surface area contributed by atoms with Crippen LogP contribution >= 0.6 is 0 Å². The Bertz CT molecular complexity index is 591. The van der Waals surface area contributed by atoms with Gasteiger partial charge in [0.2, 0.25) is 5.89 Å². The first-order chi connectivity index (χ1) is 9.28. The maximum Gasteiger partial charge on any atom is 0.379 e. The van der Waals surface area contributed by atoms with Crippen LogP contribution in [0.3, 0.4) is 0 Å². The van der Waals surface area contributed by atoms with Gasteiger partial charge in [-0.3, -0.25) is 5.32 Å². The fourth-order valence-corrected chi connectivity index (χ4v) is 2.00. The summed E-state index contributed by atoms with van der Waals surface area (Å²) in [6.07, 6.45) is 2.30. The van der Waals surface area contributed by atoms with E-state index in [0.29, 0.717) is 18.9 Å². The third-order valence-electron chi connectivity index (χ3n) is 2.93. The number of nitrogens with one attached hydrogen (secondary N) is 2. The highest BCUT2D eigenvalue weighted by molar-refractivity contribution is 5.84. The van der Waals surface area contributed by atoms with E-state index < -0.39 is 5.97 Å². The number of ether oxygens (including phenoxy) is 1. The van der Waals surface area contributed by atoms with Crippen molar-refractivity contribution in [2.24, 2.45) is 0 Å². The van der Waals surface area contributed by atoms with Crippen LogP contribution < -0.4 is 5.32 Å². The summed E-state index contributed by atoms with van der Waals surface area (Å²) in [5.74, 6) is -0.253. The summed E-state index contributed by atoms with van der Waals surface area (Å²) in [6, 6.07) is -0.133. The maximum absolute atomic E-state index is 11.5. The van der Waals surface area contributed by atoms with Crippen molar-refractivity contribution in [1.29, 1.82) is 0 Å². The minimum atomic E-state index is -0.575. The number of nitrogens with zero attached hydrogens (tertiary/aromatic N) is 3. The fourth-order valence-electron chi connectivity index (χ4n) is 2.00. The second-order valence-electron chi connectivity index (χ2n) is 4.14. The molecular weight excluding hydrogens is 250 g/mol. The van der Waals surface area contributed by atoms with Gasteiger partial charge in [0, 0.05) is 13.0 Å². The van der Waals surface area contributed by atoms with Crippen LogP contribution in [0, 0.1) is 0 Å². The van der Waals surface area contributed by atoms with E-state index in [1.807, 2.05) is 0 Å². The highest BCUT2D eigenvalue weighted by Crippen LogP contribution is 2.22. The highest BCUT2D eigenvalue weighted by Gasteiger charge is 2.27. The molecule has 2 N–H and O–H groups in total. The lowest BCUT2D eigenvalue weighted by atomic mass is 10.1. The molecule has 0 bridgehead atoms.